The fraction of sp³-hybridized carbons (Fsp3) is 0.188. The molecule has 0 aliphatic carbocycles. The Hall–Kier alpha value is -4.49. The minimum Gasteiger partial charge on any atom is -0.488 e. The van der Waals surface area contributed by atoms with Crippen LogP contribution in [0.2, 0.25) is 5.02 Å². The number of ether oxygens (including phenoxy) is 2. The Labute approximate surface area is 237 Å². The van der Waals surface area contributed by atoms with Crippen LogP contribution < -0.4 is 19.9 Å². The highest BCUT2D eigenvalue weighted by molar-refractivity contribution is 6.32. The number of fused-ring (bicyclic) bond motifs is 5. The van der Waals surface area contributed by atoms with Crippen LogP contribution in [0.4, 0.5) is 0 Å². The number of carbonyl (C=O) groups excluding carboxylic acids is 1. The van der Waals surface area contributed by atoms with Crippen LogP contribution in [-0.2, 0) is 12.1 Å². The third-order valence-corrected chi connectivity index (χ3v) is 7.77. The average molecular weight is 554 g/mol. The molecular weight excluding hydrogens is 526 g/mol. The monoisotopic (exact) mass is 553 g/mol. The third-order valence-electron chi connectivity index (χ3n) is 7.48. The molecule has 0 fully saturated rings. The second-order valence-electron chi connectivity index (χ2n) is 9.88. The van der Waals surface area contributed by atoms with E-state index in [2.05, 4.69) is 11.9 Å². The first kappa shape index (κ1) is 25.8. The van der Waals surface area contributed by atoms with Crippen molar-refractivity contribution in [1.29, 1.82) is 0 Å². The number of amides is 1. The van der Waals surface area contributed by atoms with Gasteiger partial charge >= 0.3 is 0 Å². The summed E-state index contributed by atoms with van der Waals surface area (Å²) < 4.78 is 14.1. The van der Waals surface area contributed by atoms with Crippen LogP contribution in [0.25, 0.3) is 0 Å². The van der Waals surface area contributed by atoms with Gasteiger partial charge in [-0.05, 0) is 30.2 Å². The zero-order chi connectivity index (χ0) is 27.7. The van der Waals surface area contributed by atoms with Gasteiger partial charge in [0, 0.05) is 24.4 Å². The van der Waals surface area contributed by atoms with Gasteiger partial charge < -0.3 is 14.4 Å². The number of hydrogen-bond acceptors (Lipinski definition) is 5. The van der Waals surface area contributed by atoms with Gasteiger partial charge in [-0.3, -0.25) is 19.3 Å². The van der Waals surface area contributed by atoms with Crippen LogP contribution in [0.15, 0.2) is 108 Å². The summed E-state index contributed by atoms with van der Waals surface area (Å²) in [5.74, 6) is 0.292. The SMILES string of the molecule is C[C@@]1(c2ccccc2)c2cccc(Cl)c2OC/C=C\CN2CN1n1ccc(=O)c(OCc3ccccc3)c1C2=O. The van der Waals surface area contributed by atoms with Crippen molar-refractivity contribution in [3.8, 4) is 11.5 Å². The number of hydrogen-bond donors (Lipinski definition) is 0. The van der Waals surface area contributed by atoms with E-state index >= 15 is 0 Å². The maximum Gasteiger partial charge on any atom is 0.278 e. The zero-order valence-electron chi connectivity index (χ0n) is 22.0. The van der Waals surface area contributed by atoms with Crippen molar-refractivity contribution in [2.45, 2.75) is 19.1 Å². The summed E-state index contributed by atoms with van der Waals surface area (Å²) in [6.45, 7) is 3.10. The molecule has 3 aromatic carbocycles. The van der Waals surface area contributed by atoms with E-state index in [-0.39, 0.29) is 36.1 Å². The Kier molecular flexibility index (Phi) is 6.82. The molecule has 2 aliphatic heterocycles. The summed E-state index contributed by atoms with van der Waals surface area (Å²) in [6, 6.07) is 26.7. The number of nitrogens with zero attached hydrogens (tertiary/aromatic N) is 3. The van der Waals surface area contributed by atoms with Gasteiger partial charge in [0.25, 0.3) is 5.91 Å². The van der Waals surface area contributed by atoms with E-state index in [1.165, 1.54) is 6.07 Å². The Morgan fingerprint density at radius 1 is 0.925 bits per heavy atom. The Morgan fingerprint density at radius 2 is 1.68 bits per heavy atom. The fourth-order valence-corrected chi connectivity index (χ4v) is 5.59. The van der Waals surface area contributed by atoms with E-state index < -0.39 is 5.54 Å². The molecule has 0 unspecified atom stereocenters. The first-order valence-corrected chi connectivity index (χ1v) is 13.5. The van der Waals surface area contributed by atoms with Crippen LogP contribution in [0.5, 0.6) is 11.5 Å². The van der Waals surface area contributed by atoms with Gasteiger partial charge in [-0.15, -0.1) is 0 Å². The zero-order valence-corrected chi connectivity index (χ0v) is 22.8. The predicted molar refractivity (Wildman–Crippen MR) is 155 cm³/mol. The minimum absolute atomic E-state index is 0.0166. The van der Waals surface area contributed by atoms with Crippen LogP contribution in [0.3, 0.4) is 0 Å². The molecule has 1 aromatic heterocycles. The summed E-state index contributed by atoms with van der Waals surface area (Å²) in [5, 5.41) is 2.55. The van der Waals surface area contributed by atoms with Crippen molar-refractivity contribution in [1.82, 2.24) is 9.58 Å². The lowest BCUT2D eigenvalue weighted by Gasteiger charge is -2.49. The lowest BCUT2D eigenvalue weighted by Crippen LogP contribution is -2.61. The molecular formula is C32H28ClN3O4. The Morgan fingerprint density at radius 3 is 2.45 bits per heavy atom. The highest BCUT2D eigenvalue weighted by Crippen LogP contribution is 2.44. The summed E-state index contributed by atoms with van der Waals surface area (Å²) in [4.78, 5) is 28.9. The molecule has 6 rings (SSSR count). The number of benzene rings is 3. The van der Waals surface area contributed by atoms with E-state index in [1.807, 2.05) is 91.0 Å². The van der Waals surface area contributed by atoms with Crippen LogP contribution >= 0.6 is 11.6 Å². The molecule has 4 aromatic rings. The van der Waals surface area contributed by atoms with E-state index in [1.54, 1.807) is 15.8 Å². The second-order valence-corrected chi connectivity index (χ2v) is 10.3. The van der Waals surface area contributed by atoms with Crippen molar-refractivity contribution in [2.24, 2.45) is 0 Å². The van der Waals surface area contributed by atoms with Gasteiger partial charge in [0.05, 0.1) is 5.02 Å². The van der Waals surface area contributed by atoms with Gasteiger partial charge in [-0.25, -0.2) is 0 Å². The first-order chi connectivity index (χ1) is 19.5. The minimum atomic E-state index is -0.870. The lowest BCUT2D eigenvalue weighted by atomic mass is 9.83. The summed E-state index contributed by atoms with van der Waals surface area (Å²) >= 11 is 6.72. The van der Waals surface area contributed by atoms with Gasteiger partial charge in [0.15, 0.2) is 11.4 Å². The van der Waals surface area contributed by atoms with Crippen LogP contribution in [0.1, 0.15) is 34.1 Å². The maximum absolute atomic E-state index is 14.0. The number of rotatable bonds is 4. The summed E-state index contributed by atoms with van der Waals surface area (Å²) in [6.07, 6.45) is 5.40. The first-order valence-electron chi connectivity index (χ1n) is 13.1. The smallest absolute Gasteiger partial charge is 0.278 e. The predicted octanol–water partition coefficient (Wildman–Crippen LogP) is 5.34. The number of halogens is 1. The van der Waals surface area contributed by atoms with Gasteiger partial charge in [0.1, 0.15) is 31.2 Å². The van der Waals surface area contributed by atoms with Crippen LogP contribution in [0, 0.1) is 0 Å². The summed E-state index contributed by atoms with van der Waals surface area (Å²) in [5.41, 5.74) is 1.63. The number of aromatic nitrogens is 1. The van der Waals surface area contributed by atoms with Gasteiger partial charge in [-0.1, -0.05) is 90.5 Å². The lowest BCUT2D eigenvalue weighted by molar-refractivity contribution is 0.0682. The molecule has 0 spiro atoms. The van der Waals surface area contributed by atoms with E-state index in [0.717, 1.165) is 16.7 Å². The number of carbonyl (C=O) groups is 1. The molecule has 1 amide bonds. The van der Waals surface area contributed by atoms with Gasteiger partial charge in [0.2, 0.25) is 5.43 Å². The normalized spacial score (nSPS) is 19.1. The van der Waals surface area contributed by atoms with E-state index in [0.29, 0.717) is 23.9 Å². The van der Waals surface area contributed by atoms with Gasteiger partial charge in [-0.2, -0.15) is 0 Å². The largest absolute Gasteiger partial charge is 0.488 e. The van der Waals surface area contributed by atoms with Crippen molar-refractivity contribution in [3.05, 3.63) is 141 Å². The topological polar surface area (TPSA) is 64.0 Å². The molecule has 7 nitrogen and oxygen atoms in total. The van der Waals surface area contributed by atoms with Crippen molar-refractivity contribution >= 4 is 17.5 Å². The molecule has 1 atom stereocenters. The third kappa shape index (κ3) is 4.42. The quantitative estimate of drug-likeness (QED) is 0.319. The molecule has 0 radical (unpaired) electrons. The highest BCUT2D eigenvalue weighted by atomic mass is 35.5. The van der Waals surface area contributed by atoms with Crippen molar-refractivity contribution in [2.75, 3.05) is 24.8 Å². The molecule has 3 heterocycles. The second kappa shape index (κ2) is 10.6. The number of pyridine rings is 1. The van der Waals surface area contributed by atoms with E-state index in [4.69, 9.17) is 21.1 Å². The van der Waals surface area contributed by atoms with E-state index in [9.17, 15) is 9.59 Å². The highest BCUT2D eigenvalue weighted by Gasteiger charge is 2.45. The number of para-hydroxylation sites is 1. The van der Waals surface area contributed by atoms with Crippen LogP contribution in [-0.4, -0.2) is 35.3 Å². The molecule has 0 N–H and O–H groups in total. The standard InChI is InChI=1S/C32H28ClN3O4/c1-32(24-13-6-3-7-14-24)25-15-10-16-26(33)29(25)39-20-9-8-18-34-22-36(32)35-19-17-27(37)30(28(35)31(34)38)40-21-23-11-4-2-5-12-23/h2-17,19H,18,20-22H2,1H3/b9-8-/t32-/m1/s1. The molecule has 2 bridgehead atoms. The molecule has 202 valence electrons. The molecule has 2 aliphatic rings. The molecule has 40 heavy (non-hydrogen) atoms. The molecule has 0 saturated carbocycles. The summed E-state index contributed by atoms with van der Waals surface area (Å²) in [7, 11) is 0. The Balaban J connectivity index is 1.60. The maximum atomic E-state index is 14.0. The average Bonchev–Trinajstić information content (AvgIpc) is 3.00. The van der Waals surface area contributed by atoms with Crippen molar-refractivity contribution in [3.63, 3.8) is 0 Å². The van der Waals surface area contributed by atoms with Crippen molar-refractivity contribution < 1.29 is 14.3 Å². The Bertz CT molecular complexity index is 1640. The fourth-order valence-electron chi connectivity index (χ4n) is 5.36. The molecule has 0 saturated heterocycles. The molecule has 8 heteroatoms.